The van der Waals surface area contributed by atoms with E-state index in [-0.39, 0.29) is 37.5 Å². The summed E-state index contributed by atoms with van der Waals surface area (Å²) in [6.07, 6.45) is 0. The van der Waals surface area contributed by atoms with Gasteiger partial charge in [0.2, 0.25) is 0 Å². The molecule has 1 heterocycles. The van der Waals surface area contributed by atoms with Crippen LogP contribution < -0.4 is 5.32 Å². The Balaban J connectivity index is 0.00000132. The summed E-state index contributed by atoms with van der Waals surface area (Å²) in [5, 5.41) is 3.32. The highest BCUT2D eigenvalue weighted by atomic mass is 35.5. The largest absolute Gasteiger partial charge is 0.314 e. The second-order valence-corrected chi connectivity index (χ2v) is 5.45. The van der Waals surface area contributed by atoms with Crippen molar-refractivity contribution >= 4 is 24.8 Å². The first-order valence-corrected chi connectivity index (χ1v) is 7.54. The number of halogens is 3. The van der Waals surface area contributed by atoms with E-state index in [0.717, 1.165) is 37.3 Å². The zero-order chi connectivity index (χ0) is 14.5. The number of nitrogens with zero attached hydrogens (tertiary/aromatic N) is 1. The van der Waals surface area contributed by atoms with Crippen molar-refractivity contribution in [2.24, 2.45) is 0 Å². The second kappa shape index (κ2) is 9.89. The van der Waals surface area contributed by atoms with Crippen molar-refractivity contribution in [1.29, 1.82) is 0 Å². The van der Waals surface area contributed by atoms with Crippen LogP contribution >= 0.6 is 24.8 Å². The molecule has 5 heteroatoms. The number of hydrogen-bond acceptors (Lipinski definition) is 2. The lowest BCUT2D eigenvalue weighted by Crippen LogP contribution is -2.45. The first-order chi connectivity index (χ1) is 10.4. The summed E-state index contributed by atoms with van der Waals surface area (Å²) in [6, 6.07) is 18.4. The van der Waals surface area contributed by atoms with Gasteiger partial charge in [-0.2, -0.15) is 0 Å². The highest BCUT2D eigenvalue weighted by Gasteiger charge is 2.22. The first kappa shape index (κ1) is 19.9. The lowest BCUT2D eigenvalue weighted by molar-refractivity contribution is 0.147. The van der Waals surface area contributed by atoms with Gasteiger partial charge in [0.1, 0.15) is 6.67 Å². The number of piperazine rings is 1. The molecule has 126 valence electrons. The Hall–Kier alpha value is -1.13. The maximum absolute atomic E-state index is 13.6. The van der Waals surface area contributed by atoms with Gasteiger partial charge >= 0.3 is 0 Å². The van der Waals surface area contributed by atoms with Crippen LogP contribution in [0.1, 0.15) is 11.6 Å². The van der Waals surface area contributed by atoms with Crippen molar-refractivity contribution in [3.05, 3.63) is 60.2 Å². The van der Waals surface area contributed by atoms with Crippen LogP contribution in [0.3, 0.4) is 0 Å². The van der Waals surface area contributed by atoms with Crippen LogP contribution in [0.4, 0.5) is 4.39 Å². The monoisotopic (exact) mass is 356 g/mol. The van der Waals surface area contributed by atoms with Gasteiger partial charge in [-0.1, -0.05) is 48.5 Å². The van der Waals surface area contributed by atoms with E-state index in [1.165, 1.54) is 5.56 Å². The van der Waals surface area contributed by atoms with E-state index in [1.54, 1.807) is 0 Å². The van der Waals surface area contributed by atoms with Crippen LogP contribution in [0, 0.1) is 0 Å². The first-order valence-electron chi connectivity index (χ1n) is 7.54. The molecule has 0 aliphatic carbocycles. The minimum atomic E-state index is -0.335. The lowest BCUT2D eigenvalue weighted by atomic mass is 9.99. The van der Waals surface area contributed by atoms with Crippen LogP contribution in [0.5, 0.6) is 0 Å². The summed E-state index contributed by atoms with van der Waals surface area (Å²) in [6.45, 7) is 3.36. The Bertz CT molecular complexity index is 574. The van der Waals surface area contributed by atoms with E-state index in [2.05, 4.69) is 34.5 Å². The molecule has 2 aromatic rings. The molecule has 1 atom stereocenters. The highest BCUT2D eigenvalue weighted by Crippen LogP contribution is 2.27. The number of hydrogen-bond donors (Lipinski definition) is 1. The molecule has 1 fully saturated rings. The van der Waals surface area contributed by atoms with Crippen molar-refractivity contribution in [3.63, 3.8) is 0 Å². The number of rotatable bonds is 4. The Morgan fingerprint density at radius 2 is 1.57 bits per heavy atom. The fraction of sp³-hybridized carbons (Fsp3) is 0.333. The van der Waals surface area contributed by atoms with E-state index < -0.39 is 0 Å². The third-order valence-electron chi connectivity index (χ3n) is 4.12. The molecule has 0 saturated carbocycles. The van der Waals surface area contributed by atoms with E-state index in [4.69, 9.17) is 0 Å². The molecule has 0 aromatic heterocycles. The molecule has 1 aliphatic rings. The Labute approximate surface area is 149 Å². The van der Waals surface area contributed by atoms with Crippen molar-refractivity contribution in [2.75, 3.05) is 32.9 Å². The Morgan fingerprint density at radius 3 is 2.22 bits per heavy atom. The molecule has 0 radical (unpaired) electrons. The van der Waals surface area contributed by atoms with Crippen molar-refractivity contribution < 1.29 is 4.39 Å². The van der Waals surface area contributed by atoms with Crippen molar-refractivity contribution in [2.45, 2.75) is 6.04 Å². The van der Waals surface area contributed by atoms with Gasteiger partial charge in [0.15, 0.2) is 0 Å². The molecule has 1 aliphatic heterocycles. The van der Waals surface area contributed by atoms with Crippen LogP contribution in [-0.2, 0) is 0 Å². The average Bonchev–Trinajstić information content (AvgIpc) is 2.58. The van der Waals surface area contributed by atoms with Gasteiger partial charge in [0.25, 0.3) is 0 Å². The molecule has 2 aromatic carbocycles. The molecule has 3 rings (SSSR count). The average molecular weight is 357 g/mol. The quantitative estimate of drug-likeness (QED) is 0.886. The second-order valence-electron chi connectivity index (χ2n) is 5.45. The SMILES string of the molecule is Cl.Cl.FC[C@@H](c1cccc(-c2ccccc2)c1)N1CCNCC1. The molecule has 0 unspecified atom stereocenters. The maximum atomic E-state index is 13.6. The van der Waals surface area contributed by atoms with Crippen LogP contribution in [-0.4, -0.2) is 37.8 Å². The number of nitrogens with one attached hydrogen (secondary N) is 1. The Kier molecular flexibility index (Phi) is 8.56. The predicted octanol–water partition coefficient (Wildman–Crippen LogP) is 4.11. The maximum Gasteiger partial charge on any atom is 0.109 e. The van der Waals surface area contributed by atoms with E-state index in [0.29, 0.717) is 0 Å². The van der Waals surface area contributed by atoms with Crippen molar-refractivity contribution in [3.8, 4) is 11.1 Å². The third kappa shape index (κ3) is 4.92. The van der Waals surface area contributed by atoms with Gasteiger partial charge < -0.3 is 5.32 Å². The van der Waals surface area contributed by atoms with Crippen LogP contribution in [0.25, 0.3) is 11.1 Å². The van der Waals surface area contributed by atoms with Crippen LogP contribution in [0.15, 0.2) is 54.6 Å². The van der Waals surface area contributed by atoms with Gasteiger partial charge in [-0.15, -0.1) is 24.8 Å². The summed E-state index contributed by atoms with van der Waals surface area (Å²) in [4.78, 5) is 2.24. The van der Waals surface area contributed by atoms with Gasteiger partial charge in [0, 0.05) is 26.2 Å². The standard InChI is InChI=1S/C18H21FN2.2ClH/c19-14-18(21-11-9-20-10-12-21)17-8-4-7-16(13-17)15-5-2-1-3-6-15;;/h1-8,13,18,20H,9-12,14H2;2*1H/t18-;;/m0../s1. The summed E-state index contributed by atoms with van der Waals surface area (Å²) >= 11 is 0. The molecule has 0 spiro atoms. The van der Waals surface area contributed by atoms with E-state index in [1.807, 2.05) is 30.3 Å². The lowest BCUT2D eigenvalue weighted by Gasteiger charge is -2.33. The van der Waals surface area contributed by atoms with Crippen LogP contribution in [0.2, 0.25) is 0 Å². The molecule has 1 saturated heterocycles. The normalized spacial score (nSPS) is 16.0. The molecular weight excluding hydrogens is 334 g/mol. The third-order valence-corrected chi connectivity index (χ3v) is 4.12. The zero-order valence-electron chi connectivity index (χ0n) is 13.0. The van der Waals surface area contributed by atoms with Gasteiger partial charge in [-0.3, -0.25) is 4.90 Å². The highest BCUT2D eigenvalue weighted by molar-refractivity contribution is 5.85. The predicted molar refractivity (Wildman–Crippen MR) is 99.5 cm³/mol. The smallest absolute Gasteiger partial charge is 0.109 e. The molecular formula is C18H23Cl2FN2. The number of alkyl halides is 1. The van der Waals surface area contributed by atoms with Gasteiger partial charge in [-0.25, -0.2) is 4.39 Å². The van der Waals surface area contributed by atoms with Crippen molar-refractivity contribution in [1.82, 2.24) is 10.2 Å². The minimum absolute atomic E-state index is 0. The summed E-state index contributed by atoms with van der Waals surface area (Å²) < 4.78 is 13.6. The molecule has 1 N–H and O–H groups in total. The summed E-state index contributed by atoms with van der Waals surface area (Å²) in [5.41, 5.74) is 3.40. The fourth-order valence-corrected chi connectivity index (χ4v) is 2.95. The summed E-state index contributed by atoms with van der Waals surface area (Å²) in [7, 11) is 0. The molecule has 23 heavy (non-hydrogen) atoms. The van der Waals surface area contributed by atoms with E-state index in [9.17, 15) is 4.39 Å². The minimum Gasteiger partial charge on any atom is -0.314 e. The number of benzene rings is 2. The topological polar surface area (TPSA) is 15.3 Å². The molecule has 2 nitrogen and oxygen atoms in total. The molecule has 0 bridgehead atoms. The summed E-state index contributed by atoms with van der Waals surface area (Å²) in [5.74, 6) is 0. The van der Waals surface area contributed by atoms with Gasteiger partial charge in [0.05, 0.1) is 6.04 Å². The van der Waals surface area contributed by atoms with Gasteiger partial charge in [-0.05, 0) is 22.8 Å². The Morgan fingerprint density at radius 1 is 0.913 bits per heavy atom. The van der Waals surface area contributed by atoms with E-state index >= 15 is 0 Å². The molecule has 0 amide bonds. The fourth-order valence-electron chi connectivity index (χ4n) is 2.95. The zero-order valence-corrected chi connectivity index (χ0v) is 14.6.